The summed E-state index contributed by atoms with van der Waals surface area (Å²) in [6, 6.07) is 2.02. The van der Waals surface area contributed by atoms with Gasteiger partial charge in [-0.25, -0.2) is 9.97 Å². The molecule has 78 valence electrons. The molecule has 3 nitrogen and oxygen atoms in total. The van der Waals surface area contributed by atoms with Crippen molar-refractivity contribution in [1.29, 1.82) is 0 Å². The highest BCUT2D eigenvalue weighted by Gasteiger charge is 2.18. The van der Waals surface area contributed by atoms with E-state index in [4.69, 9.17) is 6.42 Å². The topological polar surface area (TPSA) is 37.8 Å². The van der Waals surface area contributed by atoms with E-state index in [1.54, 1.807) is 6.33 Å². The van der Waals surface area contributed by atoms with Gasteiger partial charge >= 0.3 is 0 Å². The Morgan fingerprint density at radius 2 is 2.20 bits per heavy atom. The molecule has 0 amide bonds. The van der Waals surface area contributed by atoms with E-state index in [-0.39, 0.29) is 0 Å². The lowest BCUT2D eigenvalue weighted by molar-refractivity contribution is 0.694. The van der Waals surface area contributed by atoms with Gasteiger partial charge in [-0.05, 0) is 12.8 Å². The number of nitrogens with one attached hydrogen (secondary N) is 1. The monoisotopic (exact) mass is 201 g/mol. The molecule has 1 aromatic rings. The first-order chi connectivity index (χ1) is 7.40. The summed E-state index contributed by atoms with van der Waals surface area (Å²) in [7, 11) is 0. The summed E-state index contributed by atoms with van der Waals surface area (Å²) in [5.41, 5.74) is 1.15. The Morgan fingerprint density at radius 1 is 1.40 bits per heavy atom. The average molecular weight is 201 g/mol. The zero-order valence-electron chi connectivity index (χ0n) is 8.74. The Balaban J connectivity index is 2.08. The van der Waals surface area contributed by atoms with E-state index in [2.05, 4.69) is 21.2 Å². The number of hydrogen-bond acceptors (Lipinski definition) is 3. The third-order valence-electron chi connectivity index (χ3n) is 2.83. The summed E-state index contributed by atoms with van der Waals surface area (Å²) >= 11 is 0. The summed E-state index contributed by atoms with van der Waals surface area (Å²) in [6.45, 7) is 0.515. The zero-order valence-corrected chi connectivity index (χ0v) is 8.74. The van der Waals surface area contributed by atoms with Crippen LogP contribution in [0.3, 0.4) is 0 Å². The van der Waals surface area contributed by atoms with Crippen LogP contribution in [0.5, 0.6) is 0 Å². The normalized spacial score (nSPS) is 16.2. The van der Waals surface area contributed by atoms with E-state index in [0.717, 1.165) is 11.5 Å². The maximum Gasteiger partial charge on any atom is 0.130 e. The molecular formula is C12H15N3. The largest absolute Gasteiger partial charge is 0.359 e. The maximum absolute atomic E-state index is 5.18. The van der Waals surface area contributed by atoms with E-state index < -0.39 is 0 Å². The maximum atomic E-state index is 5.18. The fraction of sp³-hybridized carbons (Fsp3) is 0.500. The minimum atomic E-state index is 0.515. The molecular weight excluding hydrogens is 186 g/mol. The molecule has 0 bridgehead atoms. The summed E-state index contributed by atoms with van der Waals surface area (Å²) in [5, 5.41) is 3.07. The molecule has 0 radical (unpaired) electrons. The van der Waals surface area contributed by atoms with Crippen LogP contribution in [-0.2, 0) is 0 Å². The number of hydrogen-bond donors (Lipinski definition) is 1. The Kier molecular flexibility index (Phi) is 3.18. The fourth-order valence-electron chi connectivity index (χ4n) is 2.06. The van der Waals surface area contributed by atoms with Crippen LogP contribution in [0.25, 0.3) is 0 Å². The van der Waals surface area contributed by atoms with E-state index in [0.29, 0.717) is 12.5 Å². The molecule has 0 aliphatic heterocycles. The highest BCUT2D eigenvalue weighted by molar-refractivity contribution is 5.37. The third kappa shape index (κ3) is 2.47. The highest BCUT2D eigenvalue weighted by Crippen LogP contribution is 2.33. The van der Waals surface area contributed by atoms with Gasteiger partial charge in [0.15, 0.2) is 0 Å². The van der Waals surface area contributed by atoms with Crippen molar-refractivity contribution in [1.82, 2.24) is 9.97 Å². The van der Waals surface area contributed by atoms with Crippen LogP contribution in [0.15, 0.2) is 12.4 Å². The van der Waals surface area contributed by atoms with Crippen LogP contribution >= 0.6 is 0 Å². The summed E-state index contributed by atoms with van der Waals surface area (Å²) in [4.78, 5) is 8.46. The first kappa shape index (κ1) is 9.97. The van der Waals surface area contributed by atoms with Crippen molar-refractivity contribution in [2.75, 3.05) is 11.9 Å². The first-order valence-electron chi connectivity index (χ1n) is 5.39. The standard InChI is InChI=1S/C12H15N3/c1-2-7-13-12-8-11(14-9-15-12)10-5-3-4-6-10/h1,8-10H,3-7H2,(H,13,14,15). The van der Waals surface area contributed by atoms with Gasteiger partial charge in [0.25, 0.3) is 0 Å². The van der Waals surface area contributed by atoms with E-state index in [9.17, 15) is 0 Å². The summed E-state index contributed by atoms with van der Waals surface area (Å²) in [6.07, 6.45) is 12.0. The zero-order chi connectivity index (χ0) is 10.5. The van der Waals surface area contributed by atoms with Gasteiger partial charge < -0.3 is 5.32 Å². The molecule has 2 rings (SSSR count). The van der Waals surface area contributed by atoms with Crippen molar-refractivity contribution in [2.24, 2.45) is 0 Å². The summed E-state index contributed by atoms with van der Waals surface area (Å²) < 4.78 is 0. The van der Waals surface area contributed by atoms with Gasteiger partial charge in [-0.1, -0.05) is 18.8 Å². The second-order valence-electron chi connectivity index (χ2n) is 3.87. The predicted octanol–water partition coefficient (Wildman–Crippen LogP) is 2.18. The Hall–Kier alpha value is -1.56. The van der Waals surface area contributed by atoms with Gasteiger partial charge in [0, 0.05) is 17.7 Å². The second-order valence-corrected chi connectivity index (χ2v) is 3.87. The molecule has 1 saturated carbocycles. The minimum absolute atomic E-state index is 0.515. The van der Waals surface area contributed by atoms with Crippen molar-refractivity contribution >= 4 is 5.82 Å². The van der Waals surface area contributed by atoms with Crippen LogP contribution in [0, 0.1) is 12.3 Å². The van der Waals surface area contributed by atoms with Crippen LogP contribution in [0.1, 0.15) is 37.3 Å². The molecule has 3 heteroatoms. The molecule has 1 aromatic heterocycles. The minimum Gasteiger partial charge on any atom is -0.359 e. The molecule has 1 aliphatic rings. The molecule has 1 aliphatic carbocycles. The Morgan fingerprint density at radius 3 is 2.93 bits per heavy atom. The molecule has 0 atom stereocenters. The second kappa shape index (κ2) is 4.79. The molecule has 0 spiro atoms. The molecule has 1 N–H and O–H groups in total. The van der Waals surface area contributed by atoms with E-state index in [1.807, 2.05) is 6.07 Å². The lowest BCUT2D eigenvalue weighted by atomic mass is 10.0. The van der Waals surface area contributed by atoms with Crippen molar-refractivity contribution in [3.63, 3.8) is 0 Å². The summed E-state index contributed by atoms with van der Waals surface area (Å²) in [5.74, 6) is 4.00. The number of anilines is 1. The Labute approximate surface area is 90.3 Å². The van der Waals surface area contributed by atoms with Crippen molar-refractivity contribution in [3.8, 4) is 12.3 Å². The number of rotatable bonds is 3. The van der Waals surface area contributed by atoms with Gasteiger partial charge in [-0.2, -0.15) is 0 Å². The van der Waals surface area contributed by atoms with Gasteiger partial charge in [0.2, 0.25) is 0 Å². The SMILES string of the molecule is C#CCNc1cc(C2CCCC2)ncn1. The number of nitrogens with zero attached hydrogens (tertiary/aromatic N) is 2. The average Bonchev–Trinajstić information content (AvgIpc) is 2.80. The molecule has 0 aromatic carbocycles. The number of terminal acetylenes is 1. The molecule has 0 saturated heterocycles. The smallest absolute Gasteiger partial charge is 0.130 e. The van der Waals surface area contributed by atoms with Crippen LogP contribution < -0.4 is 5.32 Å². The lowest BCUT2D eigenvalue weighted by Crippen LogP contribution is -2.04. The van der Waals surface area contributed by atoms with Gasteiger partial charge in [0.05, 0.1) is 6.54 Å². The third-order valence-corrected chi connectivity index (χ3v) is 2.83. The molecule has 0 unspecified atom stereocenters. The van der Waals surface area contributed by atoms with Crippen molar-refractivity contribution < 1.29 is 0 Å². The van der Waals surface area contributed by atoms with E-state index in [1.165, 1.54) is 25.7 Å². The quantitative estimate of drug-likeness (QED) is 0.762. The Bertz CT molecular complexity index is 361. The van der Waals surface area contributed by atoms with Gasteiger partial charge in [-0.15, -0.1) is 6.42 Å². The van der Waals surface area contributed by atoms with Crippen molar-refractivity contribution in [3.05, 3.63) is 18.1 Å². The molecule has 1 heterocycles. The van der Waals surface area contributed by atoms with Crippen molar-refractivity contribution in [2.45, 2.75) is 31.6 Å². The predicted molar refractivity (Wildman–Crippen MR) is 60.6 cm³/mol. The van der Waals surface area contributed by atoms with Crippen LogP contribution in [0.4, 0.5) is 5.82 Å². The molecule has 1 fully saturated rings. The fourth-order valence-corrected chi connectivity index (χ4v) is 2.06. The highest BCUT2D eigenvalue weighted by atomic mass is 15.0. The van der Waals surface area contributed by atoms with Gasteiger partial charge in [-0.3, -0.25) is 0 Å². The number of aromatic nitrogens is 2. The van der Waals surface area contributed by atoms with Crippen LogP contribution in [-0.4, -0.2) is 16.5 Å². The van der Waals surface area contributed by atoms with E-state index >= 15 is 0 Å². The van der Waals surface area contributed by atoms with Gasteiger partial charge in [0.1, 0.15) is 12.1 Å². The molecule has 15 heavy (non-hydrogen) atoms. The first-order valence-corrected chi connectivity index (χ1v) is 5.39. The lowest BCUT2D eigenvalue weighted by Gasteiger charge is -2.09. The van der Waals surface area contributed by atoms with Crippen LogP contribution in [0.2, 0.25) is 0 Å².